The van der Waals surface area contributed by atoms with Crippen LogP contribution >= 0.6 is 0 Å². The summed E-state index contributed by atoms with van der Waals surface area (Å²) >= 11 is 0. The van der Waals surface area contributed by atoms with E-state index in [1.54, 1.807) is 31.4 Å². The van der Waals surface area contributed by atoms with Crippen molar-refractivity contribution in [2.24, 2.45) is 0 Å². The molecule has 2 N–H and O–H groups in total. The fourth-order valence-corrected chi connectivity index (χ4v) is 4.26. The Kier molecular flexibility index (Phi) is 7.65. The predicted octanol–water partition coefficient (Wildman–Crippen LogP) is 4.36. The van der Waals surface area contributed by atoms with E-state index in [9.17, 15) is 9.18 Å². The largest absolute Gasteiger partial charge is 0.494 e. The number of para-hydroxylation sites is 2. The number of hydrogen-bond donors (Lipinski definition) is 2. The second-order valence-corrected chi connectivity index (χ2v) is 7.87. The maximum Gasteiger partial charge on any atom is 0.278 e. The minimum absolute atomic E-state index is 0.302. The number of fused-ring (bicyclic) bond motifs is 1. The topological polar surface area (TPSA) is 99.5 Å². The van der Waals surface area contributed by atoms with Gasteiger partial charge in [-0.3, -0.25) is 9.63 Å². The monoisotopic (exact) mass is 493 g/mol. The lowest BCUT2D eigenvalue weighted by Gasteiger charge is -2.15. The van der Waals surface area contributed by atoms with Crippen LogP contribution in [0.5, 0.6) is 11.5 Å². The number of aromatic nitrogens is 3. The van der Waals surface area contributed by atoms with Crippen LogP contribution in [-0.4, -0.2) is 47.8 Å². The summed E-state index contributed by atoms with van der Waals surface area (Å²) in [5.74, 6) is 0.915. The molecule has 0 aliphatic carbocycles. The zero-order valence-corrected chi connectivity index (χ0v) is 20.6. The van der Waals surface area contributed by atoms with Crippen molar-refractivity contribution in [3.63, 3.8) is 0 Å². The standard InChI is InChI=1S/C26H28FN5O4/c1-5-36-25-17(8-6-10-19(25)26(33)31-35-4)21-14-22(30-15-29-21)28-12-13-32-16(2)24(34-3)18-9-7-11-20(27)23(18)32/h6-11,14-15H,5,12-13H2,1-4H3,(H,31,33)(H,28,29,30). The molecule has 10 heteroatoms. The molecule has 0 saturated carbocycles. The predicted molar refractivity (Wildman–Crippen MR) is 135 cm³/mol. The number of halogens is 1. The molecule has 0 aliphatic rings. The van der Waals surface area contributed by atoms with Gasteiger partial charge in [0.25, 0.3) is 5.91 Å². The van der Waals surface area contributed by atoms with Gasteiger partial charge in [-0.2, -0.15) is 0 Å². The number of ether oxygens (including phenoxy) is 2. The van der Waals surface area contributed by atoms with Gasteiger partial charge in [0, 0.05) is 30.1 Å². The summed E-state index contributed by atoms with van der Waals surface area (Å²) in [6.07, 6.45) is 1.44. The van der Waals surface area contributed by atoms with Crippen molar-refractivity contribution in [3.8, 4) is 22.8 Å². The molecule has 36 heavy (non-hydrogen) atoms. The number of nitrogens with one attached hydrogen (secondary N) is 2. The lowest BCUT2D eigenvalue weighted by Crippen LogP contribution is -2.22. The molecule has 4 aromatic rings. The van der Waals surface area contributed by atoms with Crippen LogP contribution in [0, 0.1) is 12.7 Å². The van der Waals surface area contributed by atoms with E-state index >= 15 is 0 Å². The van der Waals surface area contributed by atoms with E-state index in [2.05, 4.69) is 20.8 Å². The highest BCUT2D eigenvalue weighted by atomic mass is 19.1. The molecule has 0 aliphatic heterocycles. The molecule has 4 rings (SSSR count). The highest BCUT2D eigenvalue weighted by Gasteiger charge is 2.19. The Balaban J connectivity index is 1.58. The zero-order valence-electron chi connectivity index (χ0n) is 20.6. The molecule has 0 unspecified atom stereocenters. The first-order valence-corrected chi connectivity index (χ1v) is 11.5. The van der Waals surface area contributed by atoms with Gasteiger partial charge in [-0.05, 0) is 38.1 Å². The van der Waals surface area contributed by atoms with Crippen LogP contribution in [-0.2, 0) is 11.4 Å². The number of carbonyl (C=O) groups excluding carboxylic acids is 1. The van der Waals surface area contributed by atoms with Crippen LogP contribution < -0.4 is 20.3 Å². The summed E-state index contributed by atoms with van der Waals surface area (Å²) in [6, 6.07) is 12.0. The van der Waals surface area contributed by atoms with Gasteiger partial charge in [0.1, 0.15) is 29.5 Å². The lowest BCUT2D eigenvalue weighted by molar-refractivity contribution is 0.0534. The lowest BCUT2D eigenvalue weighted by atomic mass is 10.0. The van der Waals surface area contributed by atoms with Crippen molar-refractivity contribution < 1.29 is 23.5 Å². The number of hydroxylamine groups is 1. The van der Waals surface area contributed by atoms with Gasteiger partial charge >= 0.3 is 0 Å². The van der Waals surface area contributed by atoms with Gasteiger partial charge in [0.2, 0.25) is 0 Å². The minimum Gasteiger partial charge on any atom is -0.494 e. The number of carbonyl (C=O) groups is 1. The Hall–Kier alpha value is -4.18. The highest BCUT2D eigenvalue weighted by molar-refractivity contribution is 5.98. The average Bonchev–Trinajstić information content (AvgIpc) is 3.16. The molecule has 2 heterocycles. The first-order valence-electron chi connectivity index (χ1n) is 11.5. The van der Waals surface area contributed by atoms with Crippen molar-refractivity contribution in [2.75, 3.05) is 32.7 Å². The molecule has 188 valence electrons. The molecular weight excluding hydrogens is 465 g/mol. The molecule has 0 radical (unpaired) electrons. The Morgan fingerprint density at radius 2 is 1.92 bits per heavy atom. The summed E-state index contributed by atoms with van der Waals surface area (Å²) in [7, 11) is 2.95. The van der Waals surface area contributed by atoms with E-state index in [1.165, 1.54) is 19.5 Å². The molecule has 2 aromatic carbocycles. The van der Waals surface area contributed by atoms with Gasteiger partial charge in [-0.1, -0.05) is 12.1 Å². The second kappa shape index (κ2) is 11.0. The van der Waals surface area contributed by atoms with Crippen molar-refractivity contribution in [1.82, 2.24) is 20.0 Å². The Morgan fingerprint density at radius 1 is 1.11 bits per heavy atom. The summed E-state index contributed by atoms with van der Waals surface area (Å²) in [6.45, 7) is 5.08. The van der Waals surface area contributed by atoms with Crippen molar-refractivity contribution in [3.05, 3.63) is 65.9 Å². The van der Waals surface area contributed by atoms with Crippen LogP contribution in [0.3, 0.4) is 0 Å². The van der Waals surface area contributed by atoms with Crippen molar-refractivity contribution in [2.45, 2.75) is 20.4 Å². The molecule has 9 nitrogen and oxygen atoms in total. The maximum atomic E-state index is 14.6. The van der Waals surface area contributed by atoms with E-state index in [0.29, 0.717) is 59.4 Å². The molecule has 1 amide bonds. The molecule has 0 bridgehead atoms. The molecule has 0 spiro atoms. The van der Waals surface area contributed by atoms with Crippen molar-refractivity contribution >= 4 is 22.6 Å². The normalized spacial score (nSPS) is 10.9. The number of methoxy groups -OCH3 is 1. The summed E-state index contributed by atoms with van der Waals surface area (Å²) in [4.78, 5) is 25.9. The summed E-state index contributed by atoms with van der Waals surface area (Å²) < 4.78 is 27.9. The van der Waals surface area contributed by atoms with Crippen LogP contribution in [0.25, 0.3) is 22.2 Å². The van der Waals surface area contributed by atoms with Crippen LogP contribution in [0.1, 0.15) is 23.0 Å². The number of amides is 1. The molecular formula is C26H28FN5O4. The summed E-state index contributed by atoms with van der Waals surface area (Å²) in [5, 5.41) is 4.01. The van der Waals surface area contributed by atoms with Crippen LogP contribution in [0.4, 0.5) is 10.2 Å². The van der Waals surface area contributed by atoms with Gasteiger partial charge in [-0.25, -0.2) is 19.8 Å². The Labute approximate surface area is 208 Å². The fraction of sp³-hybridized carbons (Fsp3) is 0.269. The molecule has 2 aromatic heterocycles. The quantitative estimate of drug-likeness (QED) is 0.317. The number of hydrogen-bond acceptors (Lipinski definition) is 7. The number of rotatable bonds is 10. The van der Waals surface area contributed by atoms with Crippen LogP contribution in [0.15, 0.2) is 48.8 Å². The maximum absolute atomic E-state index is 14.6. The van der Waals surface area contributed by atoms with Gasteiger partial charge < -0.3 is 19.4 Å². The zero-order chi connectivity index (χ0) is 25.7. The summed E-state index contributed by atoms with van der Waals surface area (Å²) in [5.41, 5.74) is 5.22. The Bertz CT molecular complexity index is 1390. The number of anilines is 1. The molecule has 0 saturated heterocycles. The smallest absolute Gasteiger partial charge is 0.278 e. The fourth-order valence-electron chi connectivity index (χ4n) is 4.26. The van der Waals surface area contributed by atoms with E-state index < -0.39 is 5.91 Å². The van der Waals surface area contributed by atoms with Crippen LogP contribution in [0.2, 0.25) is 0 Å². The van der Waals surface area contributed by atoms with Gasteiger partial charge in [0.05, 0.1) is 43.3 Å². The highest BCUT2D eigenvalue weighted by Crippen LogP contribution is 2.35. The van der Waals surface area contributed by atoms with E-state index in [-0.39, 0.29) is 5.82 Å². The van der Waals surface area contributed by atoms with E-state index in [0.717, 1.165) is 11.1 Å². The third kappa shape index (κ3) is 4.80. The third-order valence-electron chi connectivity index (χ3n) is 5.77. The Morgan fingerprint density at radius 3 is 2.67 bits per heavy atom. The molecule has 0 atom stereocenters. The second-order valence-electron chi connectivity index (χ2n) is 7.87. The van der Waals surface area contributed by atoms with E-state index in [1.807, 2.05) is 30.5 Å². The van der Waals surface area contributed by atoms with E-state index in [4.69, 9.17) is 14.3 Å². The van der Waals surface area contributed by atoms with Gasteiger partial charge in [-0.15, -0.1) is 0 Å². The first kappa shape index (κ1) is 24.9. The van der Waals surface area contributed by atoms with Crippen molar-refractivity contribution in [1.29, 1.82) is 0 Å². The molecule has 0 fully saturated rings. The number of nitrogens with zero attached hydrogens (tertiary/aromatic N) is 3. The SMILES string of the molecule is CCOc1c(C(=O)NOC)cccc1-c1cc(NCCn2c(C)c(OC)c3cccc(F)c32)ncn1. The van der Waals surface area contributed by atoms with Gasteiger partial charge in [0.15, 0.2) is 0 Å². The first-order chi connectivity index (χ1) is 17.5. The minimum atomic E-state index is -0.424. The third-order valence-corrected chi connectivity index (χ3v) is 5.77. The average molecular weight is 494 g/mol. The number of benzene rings is 2.